The highest BCUT2D eigenvalue weighted by atomic mass is 127. The van der Waals surface area contributed by atoms with Crippen molar-refractivity contribution in [1.29, 1.82) is 0 Å². The van der Waals surface area contributed by atoms with E-state index in [9.17, 15) is 0 Å². The molecule has 1 aliphatic carbocycles. The lowest BCUT2D eigenvalue weighted by Gasteiger charge is -2.29. The first kappa shape index (κ1) is 18.0. The Labute approximate surface area is 140 Å². The van der Waals surface area contributed by atoms with Crippen molar-refractivity contribution in [2.75, 3.05) is 26.7 Å². The van der Waals surface area contributed by atoms with Gasteiger partial charge in [-0.3, -0.25) is 4.99 Å². The first-order chi connectivity index (χ1) is 9.29. The van der Waals surface area contributed by atoms with Crippen LogP contribution in [0, 0.1) is 11.8 Å². The number of ether oxygens (including phenoxy) is 1. The van der Waals surface area contributed by atoms with Crippen LogP contribution in [0.25, 0.3) is 0 Å². The molecule has 0 aromatic heterocycles. The number of aliphatic imine (C=N–C) groups is 1. The Hall–Kier alpha value is -0.0400. The lowest BCUT2D eigenvalue weighted by Crippen LogP contribution is -2.43. The molecular formula is C15H30IN3O. The second kappa shape index (κ2) is 9.82. The van der Waals surface area contributed by atoms with Crippen LogP contribution in [0.3, 0.4) is 0 Å². The maximum atomic E-state index is 5.61. The molecule has 2 N–H and O–H groups in total. The van der Waals surface area contributed by atoms with Crippen LogP contribution in [-0.2, 0) is 4.74 Å². The van der Waals surface area contributed by atoms with E-state index in [0.29, 0.717) is 6.10 Å². The van der Waals surface area contributed by atoms with E-state index in [0.717, 1.165) is 37.5 Å². The Balaban J connectivity index is 0.00000200. The van der Waals surface area contributed by atoms with Crippen LogP contribution in [-0.4, -0.2) is 38.8 Å². The van der Waals surface area contributed by atoms with E-state index in [1.807, 2.05) is 7.05 Å². The first-order valence-electron chi connectivity index (χ1n) is 7.85. The summed E-state index contributed by atoms with van der Waals surface area (Å²) in [6, 6.07) is 0. The minimum absolute atomic E-state index is 0. The van der Waals surface area contributed by atoms with Gasteiger partial charge in [-0.25, -0.2) is 0 Å². The van der Waals surface area contributed by atoms with Gasteiger partial charge in [-0.1, -0.05) is 26.2 Å². The van der Waals surface area contributed by atoms with Crippen LogP contribution in [0.1, 0.15) is 45.4 Å². The number of guanidine groups is 1. The standard InChI is InChI=1S/C15H29N3O.HI/c1-12-6-3-4-7-13(12)10-17-15(16-2)18-11-14-8-5-9-19-14;/h12-14H,3-11H2,1-2H3,(H2,16,17,18);1H. The molecule has 3 unspecified atom stereocenters. The minimum atomic E-state index is 0. The van der Waals surface area contributed by atoms with Crippen molar-refractivity contribution >= 4 is 29.9 Å². The lowest BCUT2D eigenvalue weighted by atomic mass is 9.80. The van der Waals surface area contributed by atoms with Crippen molar-refractivity contribution in [3.05, 3.63) is 0 Å². The van der Waals surface area contributed by atoms with Crippen molar-refractivity contribution in [2.24, 2.45) is 16.8 Å². The fourth-order valence-electron chi connectivity index (χ4n) is 3.16. The highest BCUT2D eigenvalue weighted by Gasteiger charge is 2.21. The highest BCUT2D eigenvalue weighted by molar-refractivity contribution is 14.0. The van der Waals surface area contributed by atoms with Crippen LogP contribution in [0.2, 0.25) is 0 Å². The Morgan fingerprint density at radius 2 is 1.85 bits per heavy atom. The molecule has 1 aliphatic heterocycles. The molecule has 5 heteroatoms. The molecular weight excluding hydrogens is 365 g/mol. The number of rotatable bonds is 4. The highest BCUT2D eigenvalue weighted by Crippen LogP contribution is 2.28. The van der Waals surface area contributed by atoms with Crippen LogP contribution in [0.5, 0.6) is 0 Å². The molecule has 1 saturated heterocycles. The number of hydrogen-bond donors (Lipinski definition) is 2. The molecule has 0 aromatic carbocycles. The second-order valence-electron chi connectivity index (χ2n) is 5.99. The van der Waals surface area contributed by atoms with Gasteiger partial charge in [0.05, 0.1) is 6.10 Å². The third-order valence-corrected chi connectivity index (χ3v) is 4.57. The monoisotopic (exact) mass is 395 g/mol. The summed E-state index contributed by atoms with van der Waals surface area (Å²) in [6.45, 7) is 5.22. The summed E-state index contributed by atoms with van der Waals surface area (Å²) in [5, 5.41) is 6.86. The van der Waals surface area contributed by atoms with Crippen molar-refractivity contribution in [1.82, 2.24) is 10.6 Å². The van der Waals surface area contributed by atoms with Gasteiger partial charge in [-0.2, -0.15) is 0 Å². The molecule has 0 amide bonds. The van der Waals surface area contributed by atoms with Gasteiger partial charge in [0.15, 0.2) is 5.96 Å². The van der Waals surface area contributed by atoms with Gasteiger partial charge < -0.3 is 15.4 Å². The van der Waals surface area contributed by atoms with Crippen molar-refractivity contribution in [3.8, 4) is 0 Å². The second-order valence-corrected chi connectivity index (χ2v) is 5.99. The molecule has 2 rings (SSSR count). The summed E-state index contributed by atoms with van der Waals surface area (Å²) in [7, 11) is 1.84. The molecule has 0 aromatic rings. The quantitative estimate of drug-likeness (QED) is 0.437. The van der Waals surface area contributed by atoms with Crippen LogP contribution in [0.15, 0.2) is 4.99 Å². The molecule has 118 valence electrons. The predicted molar refractivity (Wildman–Crippen MR) is 94.9 cm³/mol. The largest absolute Gasteiger partial charge is 0.376 e. The zero-order valence-electron chi connectivity index (χ0n) is 12.9. The lowest BCUT2D eigenvalue weighted by molar-refractivity contribution is 0.113. The van der Waals surface area contributed by atoms with Crippen LogP contribution >= 0.6 is 24.0 Å². The Morgan fingerprint density at radius 3 is 2.50 bits per heavy atom. The third kappa shape index (κ3) is 5.76. The molecule has 0 spiro atoms. The van der Waals surface area contributed by atoms with Gasteiger partial charge in [0.2, 0.25) is 0 Å². The normalized spacial score (nSPS) is 30.7. The summed E-state index contributed by atoms with van der Waals surface area (Å²) >= 11 is 0. The maximum absolute atomic E-state index is 5.61. The van der Waals surface area contributed by atoms with Crippen LogP contribution in [0.4, 0.5) is 0 Å². The molecule has 4 nitrogen and oxygen atoms in total. The van der Waals surface area contributed by atoms with Gasteiger partial charge in [0.25, 0.3) is 0 Å². The van der Waals surface area contributed by atoms with Crippen molar-refractivity contribution in [2.45, 2.75) is 51.6 Å². The molecule has 1 saturated carbocycles. The fourth-order valence-corrected chi connectivity index (χ4v) is 3.16. The summed E-state index contributed by atoms with van der Waals surface area (Å²) in [4.78, 5) is 4.30. The minimum Gasteiger partial charge on any atom is -0.376 e. The van der Waals surface area contributed by atoms with Gasteiger partial charge in [-0.05, 0) is 31.1 Å². The van der Waals surface area contributed by atoms with Gasteiger partial charge in [0, 0.05) is 26.7 Å². The average molecular weight is 395 g/mol. The van der Waals surface area contributed by atoms with Gasteiger partial charge in [0.1, 0.15) is 0 Å². The van der Waals surface area contributed by atoms with E-state index >= 15 is 0 Å². The molecule has 0 radical (unpaired) electrons. The van der Waals surface area contributed by atoms with E-state index in [4.69, 9.17) is 4.74 Å². The molecule has 0 bridgehead atoms. The summed E-state index contributed by atoms with van der Waals surface area (Å²) in [6.07, 6.45) is 8.27. The first-order valence-corrected chi connectivity index (χ1v) is 7.85. The molecule has 1 heterocycles. The van der Waals surface area contributed by atoms with E-state index in [-0.39, 0.29) is 24.0 Å². The number of nitrogens with zero attached hydrogens (tertiary/aromatic N) is 1. The zero-order chi connectivity index (χ0) is 13.5. The van der Waals surface area contributed by atoms with E-state index in [2.05, 4.69) is 22.5 Å². The van der Waals surface area contributed by atoms with E-state index in [1.54, 1.807) is 0 Å². The molecule has 2 aliphatic rings. The molecule has 20 heavy (non-hydrogen) atoms. The van der Waals surface area contributed by atoms with E-state index in [1.165, 1.54) is 38.5 Å². The smallest absolute Gasteiger partial charge is 0.191 e. The fraction of sp³-hybridized carbons (Fsp3) is 0.933. The van der Waals surface area contributed by atoms with Gasteiger partial charge >= 0.3 is 0 Å². The SMILES string of the molecule is CN=C(NCC1CCCO1)NCC1CCCCC1C.I. The maximum Gasteiger partial charge on any atom is 0.191 e. The number of halogens is 1. The molecule has 2 fully saturated rings. The number of nitrogens with one attached hydrogen (secondary N) is 2. The van der Waals surface area contributed by atoms with Crippen molar-refractivity contribution < 1.29 is 4.74 Å². The Kier molecular flexibility index (Phi) is 8.84. The summed E-state index contributed by atoms with van der Waals surface area (Å²) < 4.78 is 5.61. The number of hydrogen-bond acceptors (Lipinski definition) is 2. The summed E-state index contributed by atoms with van der Waals surface area (Å²) in [5.74, 6) is 2.57. The van der Waals surface area contributed by atoms with Crippen molar-refractivity contribution in [3.63, 3.8) is 0 Å². The Bertz CT molecular complexity index is 293. The topological polar surface area (TPSA) is 45.7 Å². The molecule has 3 atom stereocenters. The average Bonchev–Trinajstić information content (AvgIpc) is 2.94. The summed E-state index contributed by atoms with van der Waals surface area (Å²) in [5.41, 5.74) is 0. The third-order valence-electron chi connectivity index (χ3n) is 4.57. The Morgan fingerprint density at radius 1 is 1.10 bits per heavy atom. The van der Waals surface area contributed by atoms with E-state index < -0.39 is 0 Å². The zero-order valence-corrected chi connectivity index (χ0v) is 15.2. The predicted octanol–water partition coefficient (Wildman–Crippen LogP) is 2.77. The van der Waals surface area contributed by atoms with Gasteiger partial charge in [-0.15, -0.1) is 24.0 Å². The van der Waals surface area contributed by atoms with Crippen LogP contribution < -0.4 is 10.6 Å².